The van der Waals surface area contributed by atoms with Gasteiger partial charge in [-0.1, -0.05) is 0 Å². The van der Waals surface area contributed by atoms with Crippen molar-refractivity contribution < 1.29 is 31.4 Å². The summed E-state index contributed by atoms with van der Waals surface area (Å²) in [6.07, 6.45) is 0. The molecule has 0 aromatic carbocycles. The third-order valence-electron chi connectivity index (χ3n) is 0.108. The quantitative estimate of drug-likeness (QED) is 0.452. The summed E-state index contributed by atoms with van der Waals surface area (Å²) < 4.78 is -0.0492. The normalized spacial score (nSPS) is 6.67. The molecule has 0 N–H and O–H groups in total. The molecule has 0 amide bonds. The van der Waals surface area contributed by atoms with Crippen LogP contribution in [0.15, 0.2) is 0 Å². The molecule has 0 saturated carbocycles. The Morgan fingerprint density at radius 2 is 2.33 bits per heavy atom. The zero-order valence-corrected chi connectivity index (χ0v) is 4.32. The molecule has 0 aromatic rings. The third-order valence-corrected chi connectivity index (χ3v) is 0.640. The molecular formula is C2O3Ru. The molecule has 4 heteroatoms. The Hall–Kier alpha value is -0.327. The molecule has 0 saturated heterocycles. The van der Waals surface area contributed by atoms with Gasteiger partial charge in [0.25, 0.3) is 0 Å². The van der Waals surface area contributed by atoms with E-state index in [1.54, 1.807) is 0 Å². The Bertz CT molecular complexity index is 101. The van der Waals surface area contributed by atoms with Crippen molar-refractivity contribution in [3.63, 3.8) is 0 Å². The van der Waals surface area contributed by atoms with Crippen LogP contribution in [0.4, 0.5) is 4.79 Å². The fourth-order valence-corrected chi connectivity index (χ4v) is 0.174. The number of rotatable bonds is 1. The summed E-state index contributed by atoms with van der Waals surface area (Å²) >= 11 is -1.28. The van der Waals surface area contributed by atoms with Gasteiger partial charge in [-0.15, -0.1) is 0 Å². The summed E-state index contributed by atoms with van der Waals surface area (Å²) in [5.41, 5.74) is 0. The van der Waals surface area contributed by atoms with E-state index < -0.39 is 21.2 Å². The van der Waals surface area contributed by atoms with Crippen LogP contribution < -0.4 is 5.11 Å². The Labute approximate surface area is 41.1 Å². The van der Waals surface area contributed by atoms with Crippen molar-refractivity contribution in [3.05, 3.63) is 0 Å². The van der Waals surface area contributed by atoms with Crippen molar-refractivity contribution in [2.24, 2.45) is 0 Å². The van der Waals surface area contributed by atoms with Gasteiger partial charge in [0.05, 0.1) is 0 Å². The second kappa shape index (κ2) is 2.89. The molecule has 34 valence electrons. The van der Waals surface area contributed by atoms with E-state index in [9.17, 15) is 9.90 Å². The Morgan fingerprint density at radius 1 is 1.83 bits per heavy atom. The maximum atomic E-state index is 9.27. The molecule has 0 rings (SSSR count). The van der Waals surface area contributed by atoms with E-state index in [1.165, 1.54) is 4.47 Å². The topological polar surface area (TPSA) is 57.2 Å². The van der Waals surface area contributed by atoms with Crippen molar-refractivity contribution in [2.75, 3.05) is 0 Å². The van der Waals surface area contributed by atoms with Gasteiger partial charge in [-0.2, -0.15) is 0 Å². The van der Waals surface area contributed by atoms with Crippen LogP contribution in [0.2, 0.25) is 0 Å². The summed E-state index contributed by atoms with van der Waals surface area (Å²) in [7, 11) is 0. The number of carbonyl (C=O) groups excluding carboxylic acids is 2. The molecule has 0 aliphatic heterocycles. The van der Waals surface area contributed by atoms with E-state index in [-0.39, 0.29) is 0 Å². The average Bonchev–Trinajstić information content (AvgIpc) is 1.35. The molecule has 0 atom stereocenters. The minimum atomic E-state index is -1.29. The van der Waals surface area contributed by atoms with Crippen LogP contribution in [0.1, 0.15) is 0 Å². The van der Waals surface area contributed by atoms with Crippen molar-refractivity contribution in [1.82, 2.24) is 0 Å². The van der Waals surface area contributed by atoms with Crippen LogP contribution in [0.5, 0.6) is 0 Å². The first-order valence-electron chi connectivity index (χ1n) is 0.966. The van der Waals surface area contributed by atoms with E-state index in [0.29, 0.717) is 0 Å². The van der Waals surface area contributed by atoms with E-state index >= 15 is 0 Å². The maximum absolute atomic E-state index is 9.27. The van der Waals surface area contributed by atoms with Crippen LogP contribution in [0, 0.1) is 0 Å². The molecule has 0 fully saturated rings. The number of carboxylic acid groups (broad SMARTS) is 1. The Balaban J connectivity index is 3.60. The first kappa shape index (κ1) is 5.67. The minimum absolute atomic E-state index is 1.25. The van der Waals surface area contributed by atoms with Crippen LogP contribution >= 0.6 is 0 Å². The van der Waals surface area contributed by atoms with Gasteiger partial charge in [0.1, 0.15) is 0 Å². The molecule has 0 aliphatic carbocycles. The van der Waals surface area contributed by atoms with Crippen molar-refractivity contribution >= 4 is 9.04 Å². The summed E-state index contributed by atoms with van der Waals surface area (Å²) in [4.78, 5) is 18.4. The van der Waals surface area contributed by atoms with Gasteiger partial charge >= 0.3 is 40.4 Å². The molecule has 6 heavy (non-hydrogen) atoms. The summed E-state index contributed by atoms with van der Waals surface area (Å²) in [6.45, 7) is 0. The Kier molecular flexibility index (Phi) is 2.73. The molecule has 0 spiro atoms. The predicted octanol–water partition coefficient (Wildman–Crippen LogP) is -1.52. The van der Waals surface area contributed by atoms with E-state index in [2.05, 4.69) is 0 Å². The molecule has 3 nitrogen and oxygen atoms in total. The zero-order chi connectivity index (χ0) is 4.99. The van der Waals surface area contributed by atoms with Gasteiger partial charge < -0.3 is 0 Å². The predicted molar refractivity (Wildman–Crippen MR) is 11.1 cm³/mol. The molecular weight excluding hydrogens is 173 g/mol. The van der Waals surface area contributed by atoms with Gasteiger partial charge in [0.2, 0.25) is 0 Å². The second-order valence-corrected chi connectivity index (χ2v) is 1.89. The molecule has 0 aromatic heterocycles. The number of carbonyl (C=O) groups is 1. The molecule has 0 radical (unpaired) electrons. The summed E-state index contributed by atoms with van der Waals surface area (Å²) in [5.74, 6) is 0. The van der Waals surface area contributed by atoms with E-state index in [4.69, 9.17) is 4.79 Å². The Morgan fingerprint density at radius 3 is 2.33 bits per heavy atom. The summed E-state index contributed by atoms with van der Waals surface area (Å²) in [5, 5.41) is 9.27. The van der Waals surface area contributed by atoms with Crippen LogP contribution in [0.25, 0.3) is 0 Å². The van der Waals surface area contributed by atoms with Gasteiger partial charge in [0.15, 0.2) is 0 Å². The van der Waals surface area contributed by atoms with Gasteiger partial charge in [-0.3, -0.25) is 0 Å². The number of hydrogen-bond donors (Lipinski definition) is 0. The average molecular weight is 173 g/mol. The first-order chi connectivity index (χ1) is 2.77. The van der Waals surface area contributed by atoms with E-state index in [1.807, 2.05) is 0 Å². The van der Waals surface area contributed by atoms with Crippen LogP contribution in [-0.4, -0.2) is 9.04 Å². The van der Waals surface area contributed by atoms with Crippen molar-refractivity contribution in [3.8, 4) is 0 Å². The van der Waals surface area contributed by atoms with Gasteiger partial charge in [-0.05, 0) is 0 Å². The van der Waals surface area contributed by atoms with Crippen LogP contribution in [0.3, 0.4) is 0 Å². The standard InChI is InChI=1S/CO2.CO.Ru/c2-1-3;1-2;/q-1;;+1. The third kappa shape index (κ3) is 3.67. The van der Waals surface area contributed by atoms with Gasteiger partial charge in [-0.25, -0.2) is 0 Å². The molecule has 0 unspecified atom stereocenters. The molecule has 0 heterocycles. The van der Waals surface area contributed by atoms with Crippen molar-refractivity contribution in [2.45, 2.75) is 0 Å². The fraction of sp³-hybridized carbons (Fsp3) is 0. The summed E-state index contributed by atoms with van der Waals surface area (Å²) in [6, 6.07) is 0. The van der Waals surface area contributed by atoms with Crippen LogP contribution in [-0.2, 0) is 21.5 Å². The van der Waals surface area contributed by atoms with E-state index in [0.717, 1.165) is 0 Å². The van der Waals surface area contributed by atoms with Crippen molar-refractivity contribution in [1.29, 1.82) is 0 Å². The SMILES string of the molecule is O=[C]=[Ru+][C](=O)[O-]. The molecule has 0 bridgehead atoms. The second-order valence-electron chi connectivity index (χ2n) is 0.388. The first-order valence-corrected chi connectivity index (χ1v) is 2.70. The zero-order valence-electron chi connectivity index (χ0n) is 2.58. The molecule has 0 aliphatic rings. The van der Waals surface area contributed by atoms with Gasteiger partial charge in [0, 0.05) is 0 Å². The monoisotopic (exact) mass is 174 g/mol. The number of hydrogen-bond acceptors (Lipinski definition) is 3. The fourth-order valence-electron chi connectivity index (χ4n) is 0.0295.